The van der Waals surface area contributed by atoms with Crippen molar-refractivity contribution in [1.29, 1.82) is 0 Å². The molecular formula is C26H33N3O3. The first kappa shape index (κ1) is 20.2. The summed E-state index contributed by atoms with van der Waals surface area (Å²) in [5.41, 5.74) is 3.08. The molecule has 1 amide bonds. The van der Waals surface area contributed by atoms with Crippen LogP contribution < -0.4 is 9.47 Å². The van der Waals surface area contributed by atoms with Gasteiger partial charge in [-0.1, -0.05) is 18.1 Å². The van der Waals surface area contributed by atoms with Crippen LogP contribution in [-0.2, 0) is 0 Å². The second-order valence-electron chi connectivity index (χ2n) is 9.98. The Balaban J connectivity index is 1.32. The van der Waals surface area contributed by atoms with E-state index < -0.39 is 0 Å². The van der Waals surface area contributed by atoms with Crippen molar-refractivity contribution in [3.63, 3.8) is 0 Å². The Morgan fingerprint density at radius 2 is 1.91 bits per heavy atom. The minimum Gasteiger partial charge on any atom is -0.493 e. The SMILES string of the molecule is COc1cc2cc(C(=O)N3CCCC4=CC5CC(CN6CCCCC56)C43)[nH]c2cc1OC. The normalized spacial score (nSPS) is 29.8. The van der Waals surface area contributed by atoms with E-state index in [4.69, 9.17) is 9.47 Å². The zero-order valence-electron chi connectivity index (χ0n) is 19.1. The smallest absolute Gasteiger partial charge is 0.270 e. The number of piperidine rings is 3. The summed E-state index contributed by atoms with van der Waals surface area (Å²) in [5, 5.41) is 0.969. The molecule has 2 aromatic rings. The fraction of sp³-hybridized carbons (Fsp3) is 0.577. The van der Waals surface area contributed by atoms with Crippen LogP contribution in [0.25, 0.3) is 10.9 Å². The second kappa shape index (κ2) is 7.84. The summed E-state index contributed by atoms with van der Waals surface area (Å²) in [6, 6.07) is 6.80. The highest BCUT2D eigenvalue weighted by Gasteiger charge is 2.47. The summed E-state index contributed by atoms with van der Waals surface area (Å²) in [4.78, 5) is 22.0. The van der Waals surface area contributed by atoms with Crippen LogP contribution in [0.1, 0.15) is 49.0 Å². The van der Waals surface area contributed by atoms with Crippen molar-refractivity contribution in [3.8, 4) is 11.5 Å². The molecule has 3 aliphatic heterocycles. The molecule has 0 spiro atoms. The molecule has 0 saturated carbocycles. The molecule has 32 heavy (non-hydrogen) atoms. The van der Waals surface area contributed by atoms with Gasteiger partial charge in [-0.15, -0.1) is 0 Å². The third-order valence-electron chi connectivity index (χ3n) is 8.27. The molecule has 1 N–H and O–H groups in total. The number of aromatic amines is 1. The molecule has 6 rings (SSSR count). The van der Waals surface area contributed by atoms with E-state index in [1.54, 1.807) is 14.2 Å². The van der Waals surface area contributed by atoms with E-state index >= 15 is 0 Å². The van der Waals surface area contributed by atoms with Gasteiger partial charge in [0.05, 0.1) is 20.3 Å². The van der Waals surface area contributed by atoms with Gasteiger partial charge in [0, 0.05) is 36.1 Å². The van der Waals surface area contributed by atoms with E-state index in [0.717, 1.165) is 42.9 Å². The zero-order valence-corrected chi connectivity index (χ0v) is 19.1. The van der Waals surface area contributed by atoms with Gasteiger partial charge in [-0.2, -0.15) is 0 Å². The van der Waals surface area contributed by atoms with Crippen LogP contribution in [0.4, 0.5) is 0 Å². The summed E-state index contributed by atoms with van der Waals surface area (Å²) < 4.78 is 10.9. The number of carbonyl (C=O) groups is 1. The summed E-state index contributed by atoms with van der Waals surface area (Å²) in [6.07, 6.45) is 10.1. The van der Waals surface area contributed by atoms with Gasteiger partial charge in [-0.05, 0) is 62.6 Å². The first-order valence-electron chi connectivity index (χ1n) is 12.2. The van der Waals surface area contributed by atoms with Crippen LogP contribution in [0.2, 0.25) is 0 Å². The Labute approximate surface area is 189 Å². The topological polar surface area (TPSA) is 57.8 Å². The standard InChI is InChI=1S/C26H33N3O3/c1-31-23-13-17-12-21(27-20(17)14-24(23)32-2)26(30)29-9-5-6-16-10-18-11-19(25(16)29)15-28-8-4-3-7-22(18)28/h10,12-14,18-19,22,25,27H,3-9,11,15H2,1-2H3. The third kappa shape index (κ3) is 3.14. The molecule has 1 aromatic carbocycles. The van der Waals surface area contributed by atoms with Crippen molar-refractivity contribution < 1.29 is 14.3 Å². The van der Waals surface area contributed by atoms with Crippen LogP contribution in [0.15, 0.2) is 29.8 Å². The predicted octanol–water partition coefficient (Wildman–Crippen LogP) is 4.22. The zero-order chi connectivity index (χ0) is 21.8. The highest BCUT2D eigenvalue weighted by molar-refractivity contribution is 5.99. The lowest BCUT2D eigenvalue weighted by Gasteiger charge is -2.54. The number of rotatable bonds is 3. The Bertz CT molecular complexity index is 1030. The molecule has 6 nitrogen and oxygen atoms in total. The maximum atomic E-state index is 13.8. The Morgan fingerprint density at radius 1 is 1.06 bits per heavy atom. The van der Waals surface area contributed by atoms with Gasteiger partial charge in [0.1, 0.15) is 5.69 Å². The molecule has 1 aliphatic carbocycles. The van der Waals surface area contributed by atoms with Gasteiger partial charge in [0.2, 0.25) is 0 Å². The maximum Gasteiger partial charge on any atom is 0.270 e. The molecule has 4 atom stereocenters. The van der Waals surface area contributed by atoms with Gasteiger partial charge < -0.3 is 19.4 Å². The number of fused-ring (bicyclic) bond motifs is 7. The number of nitrogens with one attached hydrogen (secondary N) is 1. The number of amides is 1. The minimum absolute atomic E-state index is 0.119. The molecule has 0 radical (unpaired) electrons. The molecule has 4 aliphatic rings. The van der Waals surface area contributed by atoms with Crippen LogP contribution >= 0.6 is 0 Å². The van der Waals surface area contributed by atoms with Crippen molar-refractivity contribution in [2.75, 3.05) is 33.9 Å². The highest BCUT2D eigenvalue weighted by Crippen LogP contribution is 2.45. The van der Waals surface area contributed by atoms with Crippen molar-refractivity contribution in [2.45, 2.75) is 50.6 Å². The number of H-pyrrole nitrogens is 1. The quantitative estimate of drug-likeness (QED) is 0.734. The van der Waals surface area contributed by atoms with Crippen LogP contribution in [0, 0.1) is 11.8 Å². The molecule has 2 bridgehead atoms. The average molecular weight is 436 g/mol. The first-order valence-corrected chi connectivity index (χ1v) is 12.2. The van der Waals surface area contributed by atoms with Gasteiger partial charge in [0.25, 0.3) is 5.91 Å². The van der Waals surface area contributed by atoms with Gasteiger partial charge >= 0.3 is 0 Å². The van der Waals surface area contributed by atoms with Gasteiger partial charge in [-0.3, -0.25) is 9.69 Å². The van der Waals surface area contributed by atoms with Gasteiger partial charge in [0.15, 0.2) is 11.5 Å². The number of aromatic nitrogens is 1. The number of benzene rings is 1. The van der Waals surface area contributed by atoms with Crippen molar-refractivity contribution in [3.05, 3.63) is 35.5 Å². The van der Waals surface area contributed by atoms with Crippen molar-refractivity contribution in [1.82, 2.24) is 14.8 Å². The molecule has 6 heteroatoms. The minimum atomic E-state index is 0.119. The van der Waals surface area contributed by atoms with Crippen LogP contribution in [0.3, 0.4) is 0 Å². The molecular weight excluding hydrogens is 402 g/mol. The van der Waals surface area contributed by atoms with Crippen LogP contribution in [-0.4, -0.2) is 66.6 Å². The number of likely N-dealkylation sites (tertiary alicyclic amines) is 1. The Hall–Kier alpha value is -2.47. The number of nitrogens with zero attached hydrogens (tertiary/aromatic N) is 2. The van der Waals surface area contributed by atoms with E-state index in [1.165, 1.54) is 37.8 Å². The Kier molecular flexibility index (Phi) is 4.94. The Morgan fingerprint density at radius 3 is 2.75 bits per heavy atom. The van der Waals surface area contributed by atoms with Crippen molar-refractivity contribution >= 4 is 16.8 Å². The number of hydrogen-bond acceptors (Lipinski definition) is 4. The molecule has 4 heterocycles. The van der Waals surface area contributed by atoms with Crippen molar-refractivity contribution in [2.24, 2.45) is 11.8 Å². The lowest BCUT2D eigenvalue weighted by Crippen LogP contribution is -2.60. The number of hydrogen-bond donors (Lipinski definition) is 1. The van der Waals surface area contributed by atoms with E-state index in [-0.39, 0.29) is 11.9 Å². The molecule has 1 aromatic heterocycles. The summed E-state index contributed by atoms with van der Waals surface area (Å²) in [5.74, 6) is 2.71. The van der Waals surface area contributed by atoms with E-state index in [1.807, 2.05) is 18.2 Å². The maximum absolute atomic E-state index is 13.8. The number of carbonyl (C=O) groups excluding carboxylic acids is 1. The number of methoxy groups -OCH3 is 2. The van der Waals surface area contributed by atoms with E-state index in [9.17, 15) is 4.79 Å². The fourth-order valence-corrected chi connectivity index (χ4v) is 6.93. The molecule has 3 saturated heterocycles. The predicted molar refractivity (Wildman–Crippen MR) is 124 cm³/mol. The second-order valence-corrected chi connectivity index (χ2v) is 9.98. The van der Waals surface area contributed by atoms with E-state index in [2.05, 4.69) is 20.9 Å². The lowest BCUT2D eigenvalue weighted by atomic mass is 9.68. The monoisotopic (exact) mass is 435 g/mol. The molecule has 170 valence electrons. The number of ether oxygens (including phenoxy) is 2. The summed E-state index contributed by atoms with van der Waals surface area (Å²) >= 11 is 0. The first-order chi connectivity index (χ1) is 15.7. The van der Waals surface area contributed by atoms with Crippen LogP contribution in [0.5, 0.6) is 11.5 Å². The molecule has 4 unspecified atom stereocenters. The van der Waals surface area contributed by atoms with E-state index in [0.29, 0.717) is 29.0 Å². The summed E-state index contributed by atoms with van der Waals surface area (Å²) in [6.45, 7) is 3.22. The third-order valence-corrected chi connectivity index (χ3v) is 8.27. The summed E-state index contributed by atoms with van der Waals surface area (Å²) in [7, 11) is 3.27. The lowest BCUT2D eigenvalue weighted by molar-refractivity contribution is 0.00134. The molecule has 3 fully saturated rings. The van der Waals surface area contributed by atoms with Gasteiger partial charge in [-0.25, -0.2) is 0 Å². The fourth-order valence-electron chi connectivity index (χ4n) is 6.93. The average Bonchev–Trinajstić information content (AvgIpc) is 3.25. The highest BCUT2D eigenvalue weighted by atomic mass is 16.5. The largest absolute Gasteiger partial charge is 0.493 e.